The van der Waals surface area contributed by atoms with Gasteiger partial charge in [-0.15, -0.1) is 24.0 Å². The minimum Gasteiger partial charge on any atom is -0.357 e. The fraction of sp³-hybridized carbons (Fsp3) is 0.524. The third-order valence-corrected chi connectivity index (χ3v) is 4.39. The van der Waals surface area contributed by atoms with Crippen LogP contribution in [0.4, 0.5) is 4.39 Å². The van der Waals surface area contributed by atoms with E-state index < -0.39 is 0 Å². The van der Waals surface area contributed by atoms with Gasteiger partial charge in [0.1, 0.15) is 18.2 Å². The summed E-state index contributed by atoms with van der Waals surface area (Å²) in [6, 6.07) is 6.77. The predicted molar refractivity (Wildman–Crippen MR) is 125 cm³/mol. The van der Waals surface area contributed by atoms with Gasteiger partial charge in [-0.05, 0) is 30.5 Å². The molecule has 7 heteroatoms. The fourth-order valence-electron chi connectivity index (χ4n) is 2.86. The summed E-state index contributed by atoms with van der Waals surface area (Å²) >= 11 is 0. The van der Waals surface area contributed by atoms with E-state index in [1.807, 2.05) is 25.4 Å². The molecule has 2 N–H and O–H groups in total. The average molecular weight is 501 g/mol. The van der Waals surface area contributed by atoms with Crippen molar-refractivity contribution in [3.05, 3.63) is 53.9 Å². The average Bonchev–Trinajstić information content (AvgIpc) is 3.04. The number of hydrogen-bond acceptors (Lipinski definition) is 2. The van der Waals surface area contributed by atoms with Crippen LogP contribution in [0.25, 0.3) is 0 Å². The first kappa shape index (κ1) is 24.4. The van der Waals surface area contributed by atoms with E-state index in [4.69, 9.17) is 0 Å². The number of halogens is 2. The van der Waals surface area contributed by atoms with Gasteiger partial charge in [-0.25, -0.2) is 14.4 Å². The highest BCUT2D eigenvalue weighted by Gasteiger charge is 2.21. The molecule has 0 fully saturated rings. The number of nitrogens with one attached hydrogen (secondary N) is 2. The van der Waals surface area contributed by atoms with Crippen LogP contribution in [0.1, 0.15) is 46.0 Å². The Morgan fingerprint density at radius 2 is 2.04 bits per heavy atom. The van der Waals surface area contributed by atoms with E-state index in [0.29, 0.717) is 19.0 Å². The van der Waals surface area contributed by atoms with Gasteiger partial charge in [0.25, 0.3) is 0 Å². The van der Waals surface area contributed by atoms with Gasteiger partial charge in [-0.1, -0.05) is 39.8 Å². The predicted octanol–water partition coefficient (Wildman–Crippen LogP) is 4.33. The molecule has 0 amide bonds. The lowest BCUT2D eigenvalue weighted by Crippen LogP contribution is -2.43. The zero-order chi connectivity index (χ0) is 19.9. The monoisotopic (exact) mass is 501 g/mol. The Balaban J connectivity index is 0.00000392. The van der Waals surface area contributed by atoms with E-state index >= 15 is 0 Å². The van der Waals surface area contributed by atoms with Crippen LogP contribution in [-0.2, 0) is 18.5 Å². The first-order chi connectivity index (χ1) is 12.8. The minimum absolute atomic E-state index is 0. The molecule has 1 aromatic carbocycles. The Morgan fingerprint density at radius 1 is 1.29 bits per heavy atom. The van der Waals surface area contributed by atoms with Crippen molar-refractivity contribution < 1.29 is 4.39 Å². The van der Waals surface area contributed by atoms with Crippen molar-refractivity contribution in [2.75, 3.05) is 13.1 Å². The highest BCUT2D eigenvalue weighted by Crippen LogP contribution is 2.22. The van der Waals surface area contributed by atoms with Crippen LogP contribution in [-0.4, -0.2) is 28.6 Å². The Kier molecular flexibility index (Phi) is 9.92. The van der Waals surface area contributed by atoms with Gasteiger partial charge in [-0.2, -0.15) is 0 Å². The molecule has 2 aromatic rings. The molecule has 0 radical (unpaired) electrons. The zero-order valence-electron chi connectivity index (χ0n) is 17.5. The molecule has 1 aromatic heterocycles. The molecular weight excluding hydrogens is 468 g/mol. The van der Waals surface area contributed by atoms with Crippen molar-refractivity contribution in [1.29, 1.82) is 0 Å². The number of aliphatic imine (C=N–C) groups is 1. The third kappa shape index (κ3) is 7.41. The van der Waals surface area contributed by atoms with Crippen LogP contribution in [0.5, 0.6) is 0 Å². The molecule has 0 saturated heterocycles. The maximum absolute atomic E-state index is 13.6. The third-order valence-electron chi connectivity index (χ3n) is 4.39. The van der Waals surface area contributed by atoms with Gasteiger partial charge in [0, 0.05) is 37.4 Å². The standard InChI is InChI=1S/C21H32FN5.HI/c1-6-23-20(25-13-19-24-10-11-27(19)14-16(2)3)26-15-21(4,5)17-8-7-9-18(22)12-17;/h7-12,16H,6,13-15H2,1-5H3,(H2,23,25,26);1H. The Bertz CT molecular complexity index is 755. The van der Waals surface area contributed by atoms with Crippen LogP contribution in [0.15, 0.2) is 41.7 Å². The van der Waals surface area contributed by atoms with Gasteiger partial charge in [0.15, 0.2) is 5.96 Å². The van der Waals surface area contributed by atoms with E-state index in [0.717, 1.165) is 30.4 Å². The van der Waals surface area contributed by atoms with Crippen molar-refractivity contribution in [2.24, 2.45) is 10.9 Å². The molecule has 0 bridgehead atoms. The molecule has 5 nitrogen and oxygen atoms in total. The van der Waals surface area contributed by atoms with Gasteiger partial charge >= 0.3 is 0 Å². The van der Waals surface area contributed by atoms with Crippen LogP contribution < -0.4 is 10.6 Å². The van der Waals surface area contributed by atoms with Crippen LogP contribution in [0.2, 0.25) is 0 Å². The van der Waals surface area contributed by atoms with Crippen molar-refractivity contribution >= 4 is 29.9 Å². The lowest BCUT2D eigenvalue weighted by atomic mass is 9.84. The Morgan fingerprint density at radius 3 is 2.68 bits per heavy atom. The quantitative estimate of drug-likeness (QED) is 0.322. The number of benzene rings is 1. The van der Waals surface area contributed by atoms with Gasteiger partial charge < -0.3 is 15.2 Å². The lowest BCUT2D eigenvalue weighted by molar-refractivity contribution is 0.500. The summed E-state index contributed by atoms with van der Waals surface area (Å²) in [7, 11) is 0. The summed E-state index contributed by atoms with van der Waals surface area (Å²) in [5, 5.41) is 6.65. The minimum atomic E-state index is -0.228. The molecule has 2 rings (SSSR count). The van der Waals surface area contributed by atoms with Gasteiger partial charge in [0.2, 0.25) is 0 Å². The van der Waals surface area contributed by atoms with E-state index in [2.05, 4.69) is 52.9 Å². The highest BCUT2D eigenvalue weighted by molar-refractivity contribution is 14.0. The fourth-order valence-corrected chi connectivity index (χ4v) is 2.86. The first-order valence-corrected chi connectivity index (χ1v) is 9.60. The van der Waals surface area contributed by atoms with Crippen LogP contribution in [0, 0.1) is 11.7 Å². The van der Waals surface area contributed by atoms with E-state index in [1.165, 1.54) is 6.07 Å². The van der Waals surface area contributed by atoms with E-state index in [9.17, 15) is 4.39 Å². The first-order valence-electron chi connectivity index (χ1n) is 9.60. The molecular formula is C21H33FIN5. The number of nitrogens with zero attached hydrogens (tertiary/aromatic N) is 3. The van der Waals surface area contributed by atoms with Crippen molar-refractivity contribution in [3.63, 3.8) is 0 Å². The summed E-state index contributed by atoms with van der Waals surface area (Å²) in [4.78, 5) is 9.10. The van der Waals surface area contributed by atoms with Gasteiger partial charge in [-0.3, -0.25) is 0 Å². The highest BCUT2D eigenvalue weighted by atomic mass is 127. The summed E-state index contributed by atoms with van der Waals surface area (Å²) in [5.41, 5.74) is 0.729. The maximum atomic E-state index is 13.6. The SMILES string of the molecule is CCNC(=NCc1nccn1CC(C)C)NCC(C)(C)c1cccc(F)c1.I. The summed E-state index contributed by atoms with van der Waals surface area (Å²) in [6.45, 7) is 13.4. The maximum Gasteiger partial charge on any atom is 0.191 e. The van der Waals surface area contributed by atoms with Gasteiger partial charge in [0.05, 0.1) is 0 Å². The number of hydrogen-bond donors (Lipinski definition) is 2. The summed E-state index contributed by atoms with van der Waals surface area (Å²) in [5.74, 6) is 2.03. The normalized spacial score (nSPS) is 12.0. The molecule has 156 valence electrons. The molecule has 0 spiro atoms. The molecule has 0 aliphatic heterocycles. The lowest BCUT2D eigenvalue weighted by Gasteiger charge is -2.27. The van der Waals surface area contributed by atoms with Crippen molar-refractivity contribution in [3.8, 4) is 0 Å². The Hall–Kier alpha value is -1.64. The number of rotatable bonds is 8. The smallest absolute Gasteiger partial charge is 0.191 e. The van der Waals surface area contributed by atoms with Crippen LogP contribution >= 0.6 is 24.0 Å². The molecule has 28 heavy (non-hydrogen) atoms. The van der Waals surface area contributed by atoms with Crippen molar-refractivity contribution in [2.45, 2.75) is 53.1 Å². The molecule has 1 heterocycles. The summed E-state index contributed by atoms with van der Waals surface area (Å²) < 4.78 is 15.7. The summed E-state index contributed by atoms with van der Waals surface area (Å²) in [6.07, 6.45) is 3.82. The largest absolute Gasteiger partial charge is 0.357 e. The molecule has 0 aliphatic rings. The second kappa shape index (κ2) is 11.4. The number of aromatic nitrogens is 2. The zero-order valence-corrected chi connectivity index (χ0v) is 19.8. The Labute approximate surface area is 185 Å². The topological polar surface area (TPSA) is 54.2 Å². The molecule has 0 aliphatic carbocycles. The molecule has 0 saturated carbocycles. The number of imidazole rings is 1. The van der Waals surface area contributed by atoms with E-state index in [-0.39, 0.29) is 35.2 Å². The number of guanidine groups is 1. The van der Waals surface area contributed by atoms with E-state index in [1.54, 1.807) is 12.1 Å². The van der Waals surface area contributed by atoms with Crippen LogP contribution in [0.3, 0.4) is 0 Å². The molecule has 0 unspecified atom stereocenters. The molecule has 0 atom stereocenters. The second-order valence-electron chi connectivity index (χ2n) is 7.83. The van der Waals surface area contributed by atoms with Crippen molar-refractivity contribution in [1.82, 2.24) is 20.2 Å². The second-order valence-corrected chi connectivity index (χ2v) is 7.83.